The molecule has 2 N–H and O–H groups in total. The lowest BCUT2D eigenvalue weighted by Crippen LogP contribution is -2.50. The minimum Gasteiger partial charge on any atom is -0.486 e. The first-order valence-electron chi connectivity index (χ1n) is 8.47. The summed E-state index contributed by atoms with van der Waals surface area (Å²) in [5, 5.41) is 6.45. The molecule has 2 aliphatic rings. The van der Waals surface area contributed by atoms with Gasteiger partial charge in [-0.15, -0.1) is 0 Å². The van der Waals surface area contributed by atoms with Crippen LogP contribution in [-0.2, 0) is 4.79 Å². The van der Waals surface area contributed by atoms with E-state index in [1.807, 2.05) is 25.1 Å². The number of nitrogens with one attached hydrogen (secondary N) is 2. The predicted molar refractivity (Wildman–Crippen MR) is 88.7 cm³/mol. The standard InChI is InChI=1S/C18H26N2O3/c1-11(2)17(20-18(21)12(3)14-9-19-10-14)13-4-5-15-16(8-13)23-7-6-22-15/h4-5,8,11-12,14,17,19H,6-7,9-10H2,1-3H3,(H,20,21). The molecule has 5 nitrogen and oxygen atoms in total. The lowest BCUT2D eigenvalue weighted by molar-refractivity contribution is -0.127. The molecule has 1 aromatic rings. The fraction of sp³-hybridized carbons (Fsp3) is 0.611. The van der Waals surface area contributed by atoms with Crippen molar-refractivity contribution >= 4 is 5.91 Å². The molecule has 2 unspecified atom stereocenters. The number of hydrogen-bond donors (Lipinski definition) is 2. The van der Waals surface area contributed by atoms with Crippen LogP contribution in [0.3, 0.4) is 0 Å². The molecule has 5 heteroatoms. The third-order valence-electron chi connectivity index (χ3n) is 4.82. The van der Waals surface area contributed by atoms with Gasteiger partial charge < -0.3 is 20.1 Å². The normalized spacial score (nSPS) is 19.8. The van der Waals surface area contributed by atoms with Crippen molar-refractivity contribution in [1.82, 2.24) is 10.6 Å². The Balaban J connectivity index is 1.74. The molecule has 1 amide bonds. The summed E-state index contributed by atoms with van der Waals surface area (Å²) in [5.41, 5.74) is 1.07. The molecule has 2 aliphatic heterocycles. The lowest BCUT2D eigenvalue weighted by Gasteiger charge is -2.33. The van der Waals surface area contributed by atoms with Crippen molar-refractivity contribution in [2.45, 2.75) is 26.8 Å². The first-order chi connectivity index (χ1) is 11.1. The van der Waals surface area contributed by atoms with Crippen LogP contribution < -0.4 is 20.1 Å². The molecule has 23 heavy (non-hydrogen) atoms. The van der Waals surface area contributed by atoms with Gasteiger partial charge >= 0.3 is 0 Å². The highest BCUT2D eigenvalue weighted by atomic mass is 16.6. The molecule has 0 aliphatic carbocycles. The highest BCUT2D eigenvalue weighted by Gasteiger charge is 2.31. The Morgan fingerprint density at radius 3 is 2.48 bits per heavy atom. The van der Waals surface area contributed by atoms with E-state index in [0.29, 0.717) is 25.0 Å². The van der Waals surface area contributed by atoms with Gasteiger partial charge in [0.1, 0.15) is 13.2 Å². The number of rotatable bonds is 5. The number of fused-ring (bicyclic) bond motifs is 1. The summed E-state index contributed by atoms with van der Waals surface area (Å²) in [6, 6.07) is 5.93. The third-order valence-corrected chi connectivity index (χ3v) is 4.82. The zero-order valence-electron chi connectivity index (χ0n) is 14.1. The molecule has 1 fully saturated rings. The number of ether oxygens (including phenoxy) is 2. The average Bonchev–Trinajstić information content (AvgIpc) is 2.49. The van der Waals surface area contributed by atoms with Crippen molar-refractivity contribution in [2.75, 3.05) is 26.3 Å². The zero-order chi connectivity index (χ0) is 16.4. The van der Waals surface area contributed by atoms with E-state index >= 15 is 0 Å². The number of hydrogen-bond acceptors (Lipinski definition) is 4. The van der Waals surface area contributed by atoms with Gasteiger partial charge in [0.15, 0.2) is 11.5 Å². The molecule has 126 valence electrons. The number of benzene rings is 1. The van der Waals surface area contributed by atoms with E-state index in [-0.39, 0.29) is 17.9 Å². The summed E-state index contributed by atoms with van der Waals surface area (Å²) in [6.45, 7) is 9.29. The summed E-state index contributed by atoms with van der Waals surface area (Å²) >= 11 is 0. The second-order valence-corrected chi connectivity index (χ2v) is 6.84. The fourth-order valence-electron chi connectivity index (χ4n) is 3.05. The molecular weight excluding hydrogens is 292 g/mol. The van der Waals surface area contributed by atoms with Crippen LogP contribution in [0.4, 0.5) is 0 Å². The summed E-state index contributed by atoms with van der Waals surface area (Å²) in [4.78, 5) is 12.6. The van der Waals surface area contributed by atoms with Gasteiger partial charge in [0, 0.05) is 5.92 Å². The van der Waals surface area contributed by atoms with Gasteiger partial charge in [0.25, 0.3) is 0 Å². The summed E-state index contributed by atoms with van der Waals surface area (Å²) in [6.07, 6.45) is 0. The van der Waals surface area contributed by atoms with Gasteiger partial charge in [-0.1, -0.05) is 26.8 Å². The molecule has 0 saturated carbocycles. The largest absolute Gasteiger partial charge is 0.486 e. The van der Waals surface area contributed by atoms with Crippen LogP contribution in [0, 0.1) is 17.8 Å². The van der Waals surface area contributed by atoms with Crippen LogP contribution in [0.5, 0.6) is 11.5 Å². The fourth-order valence-corrected chi connectivity index (χ4v) is 3.05. The van der Waals surface area contributed by atoms with Gasteiger partial charge in [0.2, 0.25) is 5.91 Å². The number of carbonyl (C=O) groups excluding carboxylic acids is 1. The molecule has 3 rings (SSSR count). The maximum absolute atomic E-state index is 12.6. The van der Waals surface area contributed by atoms with E-state index in [9.17, 15) is 4.79 Å². The molecule has 0 bridgehead atoms. The minimum absolute atomic E-state index is 0.0196. The van der Waals surface area contributed by atoms with E-state index in [0.717, 1.165) is 30.2 Å². The quantitative estimate of drug-likeness (QED) is 0.873. The van der Waals surface area contributed by atoms with Crippen molar-refractivity contribution in [1.29, 1.82) is 0 Å². The first kappa shape index (κ1) is 16.1. The van der Waals surface area contributed by atoms with Crippen LogP contribution in [-0.4, -0.2) is 32.2 Å². The zero-order valence-corrected chi connectivity index (χ0v) is 14.1. The Labute approximate surface area is 137 Å². The Kier molecular flexibility index (Phi) is 4.76. The third kappa shape index (κ3) is 3.44. The van der Waals surface area contributed by atoms with Gasteiger partial charge in [-0.25, -0.2) is 0 Å². The first-order valence-corrected chi connectivity index (χ1v) is 8.47. The molecular formula is C18H26N2O3. The molecule has 1 aromatic carbocycles. The molecule has 0 spiro atoms. The predicted octanol–water partition coefficient (Wildman–Crippen LogP) is 2.13. The second kappa shape index (κ2) is 6.79. The molecule has 0 radical (unpaired) electrons. The second-order valence-electron chi connectivity index (χ2n) is 6.84. The SMILES string of the molecule is CC(C)C(NC(=O)C(C)C1CNC1)c1ccc2c(c1)OCCO2. The molecule has 2 heterocycles. The Morgan fingerprint density at radius 1 is 1.17 bits per heavy atom. The van der Waals surface area contributed by atoms with Gasteiger partial charge in [0.05, 0.1) is 6.04 Å². The van der Waals surface area contributed by atoms with E-state index < -0.39 is 0 Å². The van der Waals surface area contributed by atoms with Gasteiger partial charge in [-0.05, 0) is 42.6 Å². The maximum atomic E-state index is 12.6. The van der Waals surface area contributed by atoms with Crippen molar-refractivity contribution in [2.24, 2.45) is 17.8 Å². The van der Waals surface area contributed by atoms with Crippen LogP contribution >= 0.6 is 0 Å². The Hall–Kier alpha value is -1.75. The van der Waals surface area contributed by atoms with E-state index in [1.54, 1.807) is 0 Å². The maximum Gasteiger partial charge on any atom is 0.223 e. The van der Waals surface area contributed by atoms with Crippen molar-refractivity contribution < 1.29 is 14.3 Å². The van der Waals surface area contributed by atoms with Crippen molar-refractivity contribution in [3.05, 3.63) is 23.8 Å². The highest BCUT2D eigenvalue weighted by molar-refractivity contribution is 5.79. The minimum atomic E-state index is -0.0196. The topological polar surface area (TPSA) is 59.6 Å². The number of amides is 1. The van der Waals surface area contributed by atoms with Gasteiger partial charge in [-0.2, -0.15) is 0 Å². The monoisotopic (exact) mass is 318 g/mol. The molecule has 2 atom stereocenters. The van der Waals surface area contributed by atoms with E-state index in [1.165, 1.54) is 0 Å². The Morgan fingerprint density at radius 2 is 1.87 bits per heavy atom. The van der Waals surface area contributed by atoms with E-state index in [2.05, 4.69) is 24.5 Å². The van der Waals surface area contributed by atoms with Crippen LogP contribution in [0.25, 0.3) is 0 Å². The van der Waals surface area contributed by atoms with Crippen LogP contribution in [0.15, 0.2) is 18.2 Å². The number of carbonyl (C=O) groups is 1. The van der Waals surface area contributed by atoms with E-state index in [4.69, 9.17) is 9.47 Å². The van der Waals surface area contributed by atoms with Crippen LogP contribution in [0.2, 0.25) is 0 Å². The van der Waals surface area contributed by atoms with Crippen molar-refractivity contribution in [3.8, 4) is 11.5 Å². The summed E-state index contributed by atoms with van der Waals surface area (Å²) in [7, 11) is 0. The Bertz CT molecular complexity index is 569. The van der Waals surface area contributed by atoms with Crippen LogP contribution in [0.1, 0.15) is 32.4 Å². The smallest absolute Gasteiger partial charge is 0.223 e. The van der Waals surface area contributed by atoms with Gasteiger partial charge in [-0.3, -0.25) is 4.79 Å². The van der Waals surface area contributed by atoms with Crippen molar-refractivity contribution in [3.63, 3.8) is 0 Å². The average molecular weight is 318 g/mol. The highest BCUT2D eigenvalue weighted by Crippen LogP contribution is 2.34. The summed E-state index contributed by atoms with van der Waals surface area (Å²) in [5.74, 6) is 2.46. The molecule has 1 saturated heterocycles. The lowest BCUT2D eigenvalue weighted by atomic mass is 9.87. The summed E-state index contributed by atoms with van der Waals surface area (Å²) < 4.78 is 11.2. The molecule has 0 aromatic heterocycles.